The van der Waals surface area contributed by atoms with E-state index in [0.29, 0.717) is 12.8 Å². The van der Waals surface area contributed by atoms with Gasteiger partial charge in [0.1, 0.15) is 0 Å². The van der Waals surface area contributed by atoms with Gasteiger partial charge in [-0.15, -0.1) is 0 Å². The lowest BCUT2D eigenvalue weighted by Crippen LogP contribution is -2.55. The highest BCUT2D eigenvalue weighted by Gasteiger charge is 2.29. The van der Waals surface area contributed by atoms with Crippen LogP contribution in [0, 0.1) is 5.92 Å². The molecule has 0 aliphatic rings. The highest BCUT2D eigenvalue weighted by Crippen LogP contribution is 2.08. The predicted octanol–water partition coefficient (Wildman–Crippen LogP) is 1.14. The Labute approximate surface area is 139 Å². The van der Waals surface area contributed by atoms with Crippen LogP contribution in [0.3, 0.4) is 0 Å². The lowest BCUT2D eigenvalue weighted by Gasteiger charge is -2.25. The maximum atomic E-state index is 12.6. The molecule has 5 nitrogen and oxygen atoms in total. The van der Waals surface area contributed by atoms with Gasteiger partial charge in [0.05, 0.1) is 12.0 Å². The number of carbonyl (C=O) groups excluding carboxylic acids is 1. The van der Waals surface area contributed by atoms with Gasteiger partial charge < -0.3 is 20.7 Å². The third-order valence-electron chi connectivity index (χ3n) is 3.55. The van der Waals surface area contributed by atoms with E-state index in [0.717, 1.165) is 5.56 Å². The molecule has 0 saturated heterocycles. The zero-order chi connectivity index (χ0) is 17.4. The van der Waals surface area contributed by atoms with Crippen molar-refractivity contribution in [3.8, 4) is 0 Å². The van der Waals surface area contributed by atoms with Crippen molar-refractivity contribution in [1.29, 1.82) is 0 Å². The second-order valence-electron chi connectivity index (χ2n) is 6.72. The fraction of sp³-hybridized carbons (Fsp3) is 0.588. The number of hydrogen-bond acceptors (Lipinski definition) is 4. The van der Waals surface area contributed by atoms with Crippen LogP contribution < -0.4 is 10.6 Å². The molecule has 0 spiro atoms. The number of rotatable bonds is 9. The summed E-state index contributed by atoms with van der Waals surface area (Å²) in [6.07, 6.45) is 1.07. The summed E-state index contributed by atoms with van der Waals surface area (Å²) in [6.45, 7) is 7.93. The Bertz CT molecular complexity index is 466. The van der Waals surface area contributed by atoms with Crippen LogP contribution in [0.15, 0.2) is 30.3 Å². The molecular formula is C17H29BN2O3. The van der Waals surface area contributed by atoms with Gasteiger partial charge in [0.15, 0.2) is 0 Å². The molecule has 1 amide bonds. The maximum absolute atomic E-state index is 12.6. The number of nitrogens with one attached hydrogen (secondary N) is 2. The molecule has 0 bridgehead atoms. The standard InChI is InChI=1S/C17H29BN2O3/c1-12(2)10-16(18(22)23)20-17(21)15(19-13(3)4)11-14-8-6-5-7-9-14/h5-9,12-13,15-16,19,22-23H,10-11H2,1-4H3,(H,20,21)/t15-,16-/m0/s1. The minimum absolute atomic E-state index is 0.150. The Hall–Kier alpha value is -1.37. The van der Waals surface area contributed by atoms with Crippen molar-refractivity contribution < 1.29 is 14.8 Å². The monoisotopic (exact) mass is 320 g/mol. The normalized spacial score (nSPS) is 13.9. The number of amides is 1. The first-order chi connectivity index (χ1) is 10.8. The van der Waals surface area contributed by atoms with Crippen molar-refractivity contribution in [3.63, 3.8) is 0 Å². The van der Waals surface area contributed by atoms with Gasteiger partial charge in [-0.3, -0.25) is 4.79 Å². The van der Waals surface area contributed by atoms with Crippen molar-refractivity contribution in [2.75, 3.05) is 0 Å². The molecule has 1 rings (SSSR count). The van der Waals surface area contributed by atoms with Crippen LogP contribution in [0.4, 0.5) is 0 Å². The van der Waals surface area contributed by atoms with Crippen molar-refractivity contribution in [2.24, 2.45) is 5.92 Å². The first-order valence-electron chi connectivity index (χ1n) is 8.26. The van der Waals surface area contributed by atoms with Crippen LogP contribution in [0.25, 0.3) is 0 Å². The Kier molecular flexibility index (Phi) is 8.30. The van der Waals surface area contributed by atoms with Gasteiger partial charge in [-0.2, -0.15) is 0 Å². The second kappa shape index (κ2) is 9.70. The SMILES string of the molecule is CC(C)C[C@H](NC(=O)[C@H](Cc1ccccc1)NC(C)C)B(O)O. The summed E-state index contributed by atoms with van der Waals surface area (Å²) >= 11 is 0. The molecule has 1 aromatic rings. The molecule has 0 aliphatic carbocycles. The highest BCUT2D eigenvalue weighted by molar-refractivity contribution is 6.43. The topological polar surface area (TPSA) is 81.6 Å². The molecule has 0 radical (unpaired) electrons. The van der Waals surface area contributed by atoms with Gasteiger partial charge in [0, 0.05) is 6.04 Å². The number of carbonyl (C=O) groups is 1. The summed E-state index contributed by atoms with van der Waals surface area (Å²) in [7, 11) is -1.56. The molecular weight excluding hydrogens is 291 g/mol. The molecule has 0 fully saturated rings. The van der Waals surface area contributed by atoms with Crippen LogP contribution >= 0.6 is 0 Å². The molecule has 1 aromatic carbocycles. The Morgan fingerprint density at radius 1 is 1.13 bits per heavy atom. The van der Waals surface area contributed by atoms with Crippen molar-refractivity contribution in [1.82, 2.24) is 10.6 Å². The Morgan fingerprint density at radius 3 is 2.22 bits per heavy atom. The quantitative estimate of drug-likeness (QED) is 0.514. The fourth-order valence-electron chi connectivity index (χ4n) is 2.53. The highest BCUT2D eigenvalue weighted by atomic mass is 16.4. The zero-order valence-corrected chi connectivity index (χ0v) is 14.5. The van der Waals surface area contributed by atoms with Crippen LogP contribution in [0.1, 0.15) is 39.7 Å². The van der Waals surface area contributed by atoms with E-state index in [-0.39, 0.29) is 17.9 Å². The number of hydrogen-bond donors (Lipinski definition) is 4. The van der Waals surface area contributed by atoms with E-state index < -0.39 is 19.1 Å². The van der Waals surface area contributed by atoms with E-state index >= 15 is 0 Å². The predicted molar refractivity (Wildman–Crippen MR) is 93.8 cm³/mol. The van der Waals surface area contributed by atoms with Gasteiger partial charge in [0.2, 0.25) is 5.91 Å². The summed E-state index contributed by atoms with van der Waals surface area (Å²) in [4.78, 5) is 12.6. The van der Waals surface area contributed by atoms with Crippen LogP contribution in [0.2, 0.25) is 0 Å². The summed E-state index contributed by atoms with van der Waals surface area (Å²) in [5.74, 6) is -0.608. The minimum atomic E-state index is -1.56. The molecule has 0 saturated carbocycles. The van der Waals surface area contributed by atoms with Crippen molar-refractivity contribution in [3.05, 3.63) is 35.9 Å². The van der Waals surface area contributed by atoms with Gasteiger partial charge in [-0.1, -0.05) is 58.0 Å². The lowest BCUT2D eigenvalue weighted by atomic mass is 9.75. The van der Waals surface area contributed by atoms with E-state index in [9.17, 15) is 14.8 Å². The maximum Gasteiger partial charge on any atom is 0.475 e. The average Bonchev–Trinajstić information content (AvgIpc) is 2.45. The Morgan fingerprint density at radius 2 is 1.74 bits per heavy atom. The largest absolute Gasteiger partial charge is 0.475 e. The smallest absolute Gasteiger partial charge is 0.426 e. The van der Waals surface area contributed by atoms with E-state index in [1.165, 1.54) is 0 Å². The molecule has 0 aliphatic heterocycles. The second-order valence-corrected chi connectivity index (χ2v) is 6.72. The summed E-state index contributed by atoms with van der Waals surface area (Å²) in [5, 5.41) is 25.0. The molecule has 23 heavy (non-hydrogen) atoms. The Balaban J connectivity index is 2.78. The lowest BCUT2D eigenvalue weighted by molar-refractivity contribution is -0.123. The molecule has 2 atom stereocenters. The number of benzene rings is 1. The van der Waals surface area contributed by atoms with Gasteiger partial charge in [-0.25, -0.2) is 0 Å². The van der Waals surface area contributed by atoms with Crippen molar-refractivity contribution in [2.45, 2.75) is 58.6 Å². The van der Waals surface area contributed by atoms with Crippen LogP contribution in [0.5, 0.6) is 0 Å². The molecule has 6 heteroatoms. The fourth-order valence-corrected chi connectivity index (χ4v) is 2.53. The van der Waals surface area contributed by atoms with E-state index in [4.69, 9.17) is 0 Å². The van der Waals surface area contributed by atoms with E-state index in [1.807, 2.05) is 58.0 Å². The average molecular weight is 320 g/mol. The molecule has 0 heterocycles. The molecule has 0 aromatic heterocycles. The first kappa shape index (κ1) is 19.7. The van der Waals surface area contributed by atoms with Crippen LogP contribution in [-0.4, -0.2) is 41.1 Å². The summed E-state index contributed by atoms with van der Waals surface area (Å²) in [5.41, 5.74) is 1.06. The van der Waals surface area contributed by atoms with Crippen LogP contribution in [-0.2, 0) is 11.2 Å². The summed E-state index contributed by atoms with van der Waals surface area (Å²) in [6, 6.07) is 9.53. The molecule has 128 valence electrons. The van der Waals surface area contributed by atoms with E-state index in [2.05, 4.69) is 10.6 Å². The van der Waals surface area contributed by atoms with E-state index in [1.54, 1.807) is 0 Å². The molecule has 0 unspecified atom stereocenters. The van der Waals surface area contributed by atoms with Crippen molar-refractivity contribution >= 4 is 13.0 Å². The van der Waals surface area contributed by atoms with Gasteiger partial charge in [-0.05, 0) is 24.3 Å². The zero-order valence-electron chi connectivity index (χ0n) is 14.5. The third kappa shape index (κ3) is 7.64. The minimum Gasteiger partial charge on any atom is -0.426 e. The van der Waals surface area contributed by atoms with Gasteiger partial charge >= 0.3 is 7.12 Å². The van der Waals surface area contributed by atoms with Gasteiger partial charge in [0.25, 0.3) is 0 Å². The third-order valence-corrected chi connectivity index (χ3v) is 3.55. The molecule has 4 N–H and O–H groups in total. The summed E-state index contributed by atoms with van der Waals surface area (Å²) < 4.78 is 0. The first-order valence-corrected chi connectivity index (χ1v) is 8.26.